The summed E-state index contributed by atoms with van der Waals surface area (Å²) >= 11 is 0. The van der Waals surface area contributed by atoms with E-state index in [2.05, 4.69) is 5.32 Å². The molecule has 0 saturated heterocycles. The number of likely N-dealkylation sites (N-methyl/N-ethyl adjacent to an activating group) is 1. The molecule has 0 radical (unpaired) electrons. The van der Waals surface area contributed by atoms with E-state index in [1.165, 1.54) is 0 Å². The number of hydrogen-bond donors (Lipinski definition) is 3. The molecule has 1 fully saturated rings. The Morgan fingerprint density at radius 2 is 1.89 bits per heavy atom. The summed E-state index contributed by atoms with van der Waals surface area (Å²) in [5.74, 6) is -0.247. The third-order valence-electron chi connectivity index (χ3n) is 3.77. The number of hydrogen-bond acceptors (Lipinski definition) is 3. The van der Waals surface area contributed by atoms with Crippen molar-refractivity contribution < 1.29 is 14.7 Å². The topological polar surface area (TPSA) is 95.7 Å². The van der Waals surface area contributed by atoms with Gasteiger partial charge in [0.1, 0.15) is 6.04 Å². The van der Waals surface area contributed by atoms with Gasteiger partial charge in [-0.15, -0.1) is 0 Å². The van der Waals surface area contributed by atoms with E-state index in [-0.39, 0.29) is 17.9 Å². The molecule has 3 atom stereocenters. The predicted octanol–water partition coefficient (Wildman–Crippen LogP) is 0.441. The first-order valence-electron chi connectivity index (χ1n) is 6.85. The maximum Gasteiger partial charge on any atom is 0.312 e. The van der Waals surface area contributed by atoms with Crippen LogP contribution in [0, 0.1) is 5.92 Å². The molecule has 110 valence electrons. The highest BCUT2D eigenvalue weighted by molar-refractivity contribution is 5.86. The number of aliphatic hydroxyl groups is 1. The second kappa shape index (κ2) is 6.75. The van der Waals surface area contributed by atoms with Crippen molar-refractivity contribution in [3.05, 3.63) is 0 Å². The van der Waals surface area contributed by atoms with Crippen LogP contribution in [0.5, 0.6) is 0 Å². The van der Waals surface area contributed by atoms with Crippen LogP contribution >= 0.6 is 0 Å². The van der Waals surface area contributed by atoms with Crippen molar-refractivity contribution in [1.29, 1.82) is 0 Å². The second-order valence-corrected chi connectivity index (χ2v) is 5.60. The fourth-order valence-corrected chi connectivity index (χ4v) is 2.59. The van der Waals surface area contributed by atoms with Crippen LogP contribution in [0.25, 0.3) is 0 Å². The Labute approximate surface area is 114 Å². The first kappa shape index (κ1) is 15.8. The zero-order valence-electron chi connectivity index (χ0n) is 11.9. The molecule has 6 nitrogen and oxygen atoms in total. The number of primary amides is 1. The molecule has 0 aromatic heterocycles. The second-order valence-electron chi connectivity index (χ2n) is 5.60. The summed E-state index contributed by atoms with van der Waals surface area (Å²) < 4.78 is 0. The van der Waals surface area contributed by atoms with E-state index in [9.17, 15) is 14.7 Å². The quantitative estimate of drug-likeness (QED) is 0.692. The monoisotopic (exact) mass is 271 g/mol. The summed E-state index contributed by atoms with van der Waals surface area (Å²) in [7, 11) is 1.68. The Morgan fingerprint density at radius 1 is 1.32 bits per heavy atom. The Kier molecular flexibility index (Phi) is 5.60. The fourth-order valence-electron chi connectivity index (χ4n) is 2.59. The van der Waals surface area contributed by atoms with Gasteiger partial charge in [0.05, 0.1) is 12.1 Å². The summed E-state index contributed by atoms with van der Waals surface area (Å²) in [6.45, 7) is 3.70. The van der Waals surface area contributed by atoms with E-state index >= 15 is 0 Å². The minimum absolute atomic E-state index is 0.0526. The number of aliphatic hydroxyl groups excluding tert-OH is 1. The van der Waals surface area contributed by atoms with E-state index in [0.717, 1.165) is 25.7 Å². The van der Waals surface area contributed by atoms with Crippen LogP contribution < -0.4 is 11.1 Å². The molecule has 1 aliphatic rings. The third kappa shape index (κ3) is 4.09. The average Bonchev–Trinajstić information content (AvgIpc) is 2.34. The van der Waals surface area contributed by atoms with Crippen molar-refractivity contribution in [2.75, 3.05) is 7.05 Å². The summed E-state index contributed by atoms with van der Waals surface area (Å²) in [5, 5.41) is 12.5. The van der Waals surface area contributed by atoms with Crippen LogP contribution in [0.1, 0.15) is 39.5 Å². The van der Waals surface area contributed by atoms with Gasteiger partial charge in [-0.2, -0.15) is 0 Å². The van der Waals surface area contributed by atoms with Gasteiger partial charge in [-0.1, -0.05) is 26.7 Å². The molecule has 0 aromatic carbocycles. The molecule has 3 unspecified atom stereocenters. The minimum Gasteiger partial charge on any atom is -0.391 e. The Bertz CT molecular complexity index is 333. The van der Waals surface area contributed by atoms with Gasteiger partial charge in [0.15, 0.2) is 0 Å². The molecule has 0 aliphatic heterocycles. The highest BCUT2D eigenvalue weighted by atomic mass is 16.3. The van der Waals surface area contributed by atoms with Crippen molar-refractivity contribution in [2.24, 2.45) is 11.7 Å². The first-order chi connectivity index (χ1) is 8.84. The van der Waals surface area contributed by atoms with Gasteiger partial charge in [-0.25, -0.2) is 4.79 Å². The number of rotatable bonds is 4. The molecule has 6 heteroatoms. The zero-order valence-corrected chi connectivity index (χ0v) is 11.9. The predicted molar refractivity (Wildman–Crippen MR) is 72.4 cm³/mol. The van der Waals surface area contributed by atoms with Crippen LogP contribution in [0.15, 0.2) is 0 Å². The summed E-state index contributed by atoms with van der Waals surface area (Å²) in [6.07, 6.45) is 3.04. The van der Waals surface area contributed by atoms with Gasteiger partial charge in [-0.3, -0.25) is 4.79 Å². The maximum atomic E-state index is 12.4. The molecule has 1 saturated carbocycles. The molecule has 1 aliphatic carbocycles. The van der Waals surface area contributed by atoms with Gasteiger partial charge in [0.25, 0.3) is 0 Å². The number of nitrogens with two attached hydrogens (primary N) is 1. The van der Waals surface area contributed by atoms with E-state index in [0.29, 0.717) is 0 Å². The standard InChI is InChI=1S/C13H25N3O3/c1-8(2)11(15-13(14)19)12(18)16(3)9-6-4-5-7-10(9)17/h8-11,17H,4-7H2,1-3H3,(H3,14,15,19). The third-order valence-corrected chi connectivity index (χ3v) is 3.77. The molecule has 19 heavy (non-hydrogen) atoms. The van der Waals surface area contributed by atoms with E-state index in [4.69, 9.17) is 5.73 Å². The van der Waals surface area contributed by atoms with Gasteiger partial charge >= 0.3 is 6.03 Å². The average molecular weight is 271 g/mol. The van der Waals surface area contributed by atoms with Gasteiger partial charge in [0.2, 0.25) is 5.91 Å². The lowest BCUT2D eigenvalue weighted by Crippen LogP contribution is -2.56. The van der Waals surface area contributed by atoms with Crippen LogP contribution in [0.4, 0.5) is 4.79 Å². The van der Waals surface area contributed by atoms with Crippen LogP contribution in [0.3, 0.4) is 0 Å². The Morgan fingerprint density at radius 3 is 2.37 bits per heavy atom. The van der Waals surface area contributed by atoms with Crippen LogP contribution in [-0.2, 0) is 4.79 Å². The molecular formula is C13H25N3O3. The van der Waals surface area contributed by atoms with Gasteiger partial charge in [0, 0.05) is 7.05 Å². The van der Waals surface area contributed by atoms with Crippen molar-refractivity contribution in [2.45, 2.75) is 57.7 Å². The summed E-state index contributed by atoms with van der Waals surface area (Å²) in [4.78, 5) is 24.9. The maximum absolute atomic E-state index is 12.4. The zero-order chi connectivity index (χ0) is 14.6. The molecular weight excluding hydrogens is 246 g/mol. The first-order valence-corrected chi connectivity index (χ1v) is 6.85. The lowest BCUT2D eigenvalue weighted by atomic mass is 9.90. The molecule has 0 spiro atoms. The summed E-state index contributed by atoms with van der Waals surface area (Å²) in [5.41, 5.74) is 5.10. The van der Waals surface area contributed by atoms with Crippen molar-refractivity contribution in [3.8, 4) is 0 Å². The van der Waals surface area contributed by atoms with Crippen molar-refractivity contribution in [1.82, 2.24) is 10.2 Å². The SMILES string of the molecule is CC(C)C(NC(N)=O)C(=O)N(C)C1CCCCC1O. The van der Waals surface area contributed by atoms with Crippen molar-refractivity contribution in [3.63, 3.8) is 0 Å². The van der Waals surface area contributed by atoms with E-state index < -0.39 is 18.2 Å². The van der Waals surface area contributed by atoms with Crippen molar-refractivity contribution >= 4 is 11.9 Å². The molecule has 4 N–H and O–H groups in total. The number of carbonyl (C=O) groups is 2. The molecule has 1 rings (SSSR count). The van der Waals surface area contributed by atoms with Crippen LogP contribution in [-0.4, -0.2) is 47.2 Å². The largest absolute Gasteiger partial charge is 0.391 e. The highest BCUT2D eigenvalue weighted by Gasteiger charge is 2.34. The molecule has 3 amide bonds. The van der Waals surface area contributed by atoms with Crippen LogP contribution in [0.2, 0.25) is 0 Å². The smallest absolute Gasteiger partial charge is 0.312 e. The lowest BCUT2D eigenvalue weighted by molar-refractivity contribution is -0.138. The number of carbonyl (C=O) groups excluding carboxylic acids is 2. The number of urea groups is 1. The minimum atomic E-state index is -0.704. The molecule has 0 bridgehead atoms. The number of nitrogens with zero attached hydrogens (tertiary/aromatic N) is 1. The molecule has 0 heterocycles. The van der Waals surface area contributed by atoms with Gasteiger partial charge in [-0.05, 0) is 18.8 Å². The molecule has 0 aromatic rings. The Balaban J connectivity index is 2.74. The van der Waals surface area contributed by atoms with E-state index in [1.807, 2.05) is 13.8 Å². The lowest BCUT2D eigenvalue weighted by Gasteiger charge is -2.37. The Hall–Kier alpha value is -1.30. The normalized spacial score (nSPS) is 24.9. The number of amides is 3. The number of nitrogens with one attached hydrogen (secondary N) is 1. The highest BCUT2D eigenvalue weighted by Crippen LogP contribution is 2.23. The fraction of sp³-hybridized carbons (Fsp3) is 0.846. The summed E-state index contributed by atoms with van der Waals surface area (Å²) in [6, 6.07) is -1.52. The van der Waals surface area contributed by atoms with Gasteiger partial charge < -0.3 is 21.1 Å². The van der Waals surface area contributed by atoms with E-state index in [1.54, 1.807) is 11.9 Å².